The lowest BCUT2D eigenvalue weighted by Gasteiger charge is -2.13. The Bertz CT molecular complexity index is 1930. The van der Waals surface area contributed by atoms with Crippen LogP contribution >= 0.6 is 34.8 Å². The molecule has 0 bridgehead atoms. The summed E-state index contributed by atoms with van der Waals surface area (Å²) >= 11 is 19.1. The minimum Gasteiger partial charge on any atom is -0.487 e. The summed E-state index contributed by atoms with van der Waals surface area (Å²) < 4.78 is 48.5. The molecular weight excluding hydrogens is 654 g/mol. The zero-order chi connectivity index (χ0) is 32.4. The maximum absolute atomic E-state index is 13.6. The van der Waals surface area contributed by atoms with Crippen molar-refractivity contribution in [2.75, 3.05) is 11.9 Å². The number of ether oxygens (including phenoxy) is 1. The summed E-state index contributed by atoms with van der Waals surface area (Å²) in [6, 6.07) is 13.3. The van der Waals surface area contributed by atoms with Gasteiger partial charge in [0, 0.05) is 50.0 Å². The molecule has 234 valence electrons. The third-order valence-corrected chi connectivity index (χ3v) is 8.19. The molecule has 0 spiro atoms. The number of aromatic nitrogens is 3. The van der Waals surface area contributed by atoms with Gasteiger partial charge in [-0.05, 0) is 53.6 Å². The smallest absolute Gasteiger partial charge is 0.272 e. The van der Waals surface area contributed by atoms with Crippen molar-refractivity contribution in [1.82, 2.24) is 19.4 Å². The number of halogens is 6. The number of aryl methyl sites for hydroxylation is 2. The van der Waals surface area contributed by atoms with Crippen LogP contribution < -0.4 is 15.4 Å². The fourth-order valence-corrected chi connectivity index (χ4v) is 5.47. The first-order valence-corrected chi connectivity index (χ1v) is 14.6. The molecule has 5 aromatic rings. The van der Waals surface area contributed by atoms with E-state index in [4.69, 9.17) is 39.5 Å². The third kappa shape index (κ3) is 7.06. The Balaban J connectivity index is 1.45. The van der Waals surface area contributed by atoms with Gasteiger partial charge in [-0.2, -0.15) is 0 Å². The summed E-state index contributed by atoms with van der Waals surface area (Å²) in [5.41, 5.74) is 2.68. The van der Waals surface area contributed by atoms with E-state index in [2.05, 4.69) is 15.6 Å². The molecule has 45 heavy (non-hydrogen) atoms. The van der Waals surface area contributed by atoms with Gasteiger partial charge in [-0.15, -0.1) is 0 Å². The van der Waals surface area contributed by atoms with Gasteiger partial charge >= 0.3 is 0 Å². The summed E-state index contributed by atoms with van der Waals surface area (Å²) in [6.45, 7) is -0.796. The second-order valence-electron chi connectivity index (χ2n) is 10.1. The lowest BCUT2D eigenvalue weighted by Crippen LogP contribution is -2.25. The second kappa shape index (κ2) is 13.4. The average molecular weight is 679 g/mol. The van der Waals surface area contributed by atoms with E-state index in [0.29, 0.717) is 43.7 Å². The van der Waals surface area contributed by atoms with Crippen LogP contribution in [0, 0.1) is 5.82 Å². The van der Waals surface area contributed by atoms with Gasteiger partial charge in [0.25, 0.3) is 18.2 Å². The number of hydrogen-bond donors (Lipinski definition) is 2. The van der Waals surface area contributed by atoms with Gasteiger partial charge in [-0.3, -0.25) is 9.59 Å². The van der Waals surface area contributed by atoms with Gasteiger partial charge in [0.05, 0.1) is 26.6 Å². The SMILES string of the molecule is Cn1cccc1C(=O)NCc1ccc(Cl)c(Cc2nc3cc(C(=O)Nc4ccc(F)c(Cl)c4)c(OCC(F)F)cc3n2C)c1Cl. The van der Waals surface area contributed by atoms with E-state index in [-0.39, 0.29) is 40.9 Å². The lowest BCUT2D eigenvalue weighted by molar-refractivity contribution is 0.0804. The highest BCUT2D eigenvalue weighted by molar-refractivity contribution is 6.36. The number of nitrogens with one attached hydrogen (secondary N) is 2. The van der Waals surface area contributed by atoms with Crippen molar-refractivity contribution in [1.29, 1.82) is 0 Å². The highest BCUT2D eigenvalue weighted by Crippen LogP contribution is 2.33. The van der Waals surface area contributed by atoms with Gasteiger partial charge in [0.2, 0.25) is 0 Å². The molecule has 2 heterocycles. The number of rotatable bonds is 10. The molecule has 0 aliphatic carbocycles. The molecule has 0 aliphatic heterocycles. The first kappa shape index (κ1) is 32.2. The predicted molar refractivity (Wildman–Crippen MR) is 167 cm³/mol. The first-order valence-electron chi connectivity index (χ1n) is 13.4. The highest BCUT2D eigenvalue weighted by Gasteiger charge is 2.21. The van der Waals surface area contributed by atoms with E-state index in [1.807, 2.05) is 0 Å². The van der Waals surface area contributed by atoms with Crippen molar-refractivity contribution < 1.29 is 27.5 Å². The zero-order valence-electron chi connectivity index (χ0n) is 23.8. The molecular formula is C31H25Cl3F3N5O3. The number of alkyl halides is 2. The number of carbonyl (C=O) groups is 2. The number of benzene rings is 3. The molecule has 0 atom stereocenters. The number of carbonyl (C=O) groups excluding carboxylic acids is 2. The molecule has 3 aromatic carbocycles. The monoisotopic (exact) mass is 677 g/mol. The molecule has 0 saturated heterocycles. The van der Waals surface area contributed by atoms with Crippen LogP contribution in [0.15, 0.2) is 60.8 Å². The number of imidazole rings is 1. The van der Waals surface area contributed by atoms with E-state index in [9.17, 15) is 22.8 Å². The molecule has 2 amide bonds. The number of fused-ring (bicyclic) bond motifs is 1. The van der Waals surface area contributed by atoms with Crippen LogP contribution in [0.4, 0.5) is 18.9 Å². The predicted octanol–water partition coefficient (Wildman–Crippen LogP) is 7.43. The minimum absolute atomic E-state index is 0.0692. The maximum Gasteiger partial charge on any atom is 0.272 e. The van der Waals surface area contributed by atoms with Gasteiger partial charge < -0.3 is 24.5 Å². The van der Waals surface area contributed by atoms with E-state index < -0.39 is 24.8 Å². The van der Waals surface area contributed by atoms with E-state index >= 15 is 0 Å². The van der Waals surface area contributed by atoms with Gasteiger partial charge in [-0.1, -0.05) is 40.9 Å². The van der Waals surface area contributed by atoms with Crippen molar-refractivity contribution in [2.45, 2.75) is 19.4 Å². The van der Waals surface area contributed by atoms with Crippen molar-refractivity contribution >= 4 is 63.3 Å². The standard InChI is InChI=1S/C31H25Cl3F3N5O3/c1-41-9-3-4-24(41)31(44)38-14-16-5-7-20(32)18(29(16)34)12-28-40-23-11-19(26(45-15-27(36)37)13-25(23)42(28)2)30(43)39-17-6-8-22(35)21(33)10-17/h3-11,13,27H,12,14-15H2,1-2H3,(H,38,44)(H,39,43). The fraction of sp³-hybridized carbons (Fsp3) is 0.194. The summed E-state index contributed by atoms with van der Waals surface area (Å²) in [7, 11) is 3.48. The van der Waals surface area contributed by atoms with Crippen LogP contribution in [0.1, 0.15) is 37.8 Å². The van der Waals surface area contributed by atoms with Gasteiger partial charge in [0.15, 0.2) is 0 Å². The van der Waals surface area contributed by atoms with Crippen molar-refractivity contribution in [3.63, 3.8) is 0 Å². The molecule has 8 nitrogen and oxygen atoms in total. The number of hydrogen-bond acceptors (Lipinski definition) is 4. The molecule has 0 fully saturated rings. The van der Waals surface area contributed by atoms with Crippen LogP contribution in [-0.4, -0.2) is 39.0 Å². The largest absolute Gasteiger partial charge is 0.487 e. The van der Waals surface area contributed by atoms with Gasteiger partial charge in [0.1, 0.15) is 29.7 Å². The van der Waals surface area contributed by atoms with E-state index in [1.54, 1.807) is 53.7 Å². The zero-order valence-corrected chi connectivity index (χ0v) is 26.1. The molecule has 0 saturated carbocycles. The third-order valence-electron chi connectivity index (χ3n) is 7.08. The summed E-state index contributed by atoms with van der Waals surface area (Å²) in [4.78, 5) is 30.5. The quantitative estimate of drug-likeness (QED) is 0.161. The van der Waals surface area contributed by atoms with Crippen LogP contribution in [0.25, 0.3) is 11.0 Å². The molecule has 2 N–H and O–H groups in total. The topological polar surface area (TPSA) is 90.2 Å². The second-order valence-corrected chi connectivity index (χ2v) is 11.3. The molecule has 0 radical (unpaired) electrons. The number of anilines is 1. The highest BCUT2D eigenvalue weighted by atomic mass is 35.5. The molecule has 5 rings (SSSR count). The Kier molecular flexibility index (Phi) is 9.62. The van der Waals surface area contributed by atoms with Crippen LogP contribution in [0.2, 0.25) is 15.1 Å². The number of amides is 2. The molecule has 2 aromatic heterocycles. The molecule has 0 aliphatic rings. The average Bonchev–Trinajstić information content (AvgIpc) is 3.56. The fourth-order valence-electron chi connectivity index (χ4n) is 4.71. The number of nitrogens with zero attached hydrogens (tertiary/aromatic N) is 3. The van der Waals surface area contributed by atoms with Crippen molar-refractivity contribution in [3.8, 4) is 5.75 Å². The molecule has 0 unspecified atom stereocenters. The van der Waals surface area contributed by atoms with Crippen molar-refractivity contribution in [3.05, 3.63) is 110 Å². The minimum atomic E-state index is -2.79. The van der Waals surface area contributed by atoms with Crippen LogP contribution in [-0.2, 0) is 27.1 Å². The summed E-state index contributed by atoms with van der Waals surface area (Å²) in [5.74, 6) is -1.23. The van der Waals surface area contributed by atoms with Crippen LogP contribution in [0.5, 0.6) is 5.75 Å². The Morgan fingerprint density at radius 3 is 2.47 bits per heavy atom. The first-order chi connectivity index (χ1) is 21.4. The van der Waals surface area contributed by atoms with Gasteiger partial charge in [-0.25, -0.2) is 18.2 Å². The van der Waals surface area contributed by atoms with Crippen LogP contribution in [0.3, 0.4) is 0 Å². The normalized spacial score (nSPS) is 11.3. The molecule has 14 heteroatoms. The summed E-state index contributed by atoms with van der Waals surface area (Å²) in [6.07, 6.45) is -0.849. The lowest BCUT2D eigenvalue weighted by atomic mass is 10.1. The Labute approximate surface area is 270 Å². The maximum atomic E-state index is 13.6. The van der Waals surface area contributed by atoms with Crippen molar-refractivity contribution in [2.24, 2.45) is 14.1 Å². The van der Waals surface area contributed by atoms with E-state index in [1.165, 1.54) is 24.3 Å². The Morgan fingerprint density at radius 1 is 1.00 bits per heavy atom. The summed E-state index contributed by atoms with van der Waals surface area (Å²) in [5, 5.41) is 5.95. The Morgan fingerprint density at radius 2 is 1.78 bits per heavy atom. The Hall–Kier alpha value is -4.19. The van der Waals surface area contributed by atoms with E-state index in [0.717, 1.165) is 6.07 Å².